The molecule has 1 fully saturated rings. The average Bonchev–Trinajstić information content (AvgIpc) is 2.54. The average molecular weight is 416 g/mol. The maximum absolute atomic E-state index is 6.36. The Morgan fingerprint density at radius 1 is 1.08 bits per heavy atom. The molecule has 6 nitrogen and oxygen atoms in total. The Bertz CT molecular complexity index is 519. The first-order valence-corrected chi connectivity index (χ1v) is 12.5. The number of halogens is 3. The van der Waals surface area contributed by atoms with Crippen molar-refractivity contribution in [2.24, 2.45) is 14.5 Å². The summed E-state index contributed by atoms with van der Waals surface area (Å²) in [6, 6.07) is 0. The van der Waals surface area contributed by atoms with E-state index in [0.29, 0.717) is 17.8 Å². The van der Waals surface area contributed by atoms with E-state index in [1.54, 1.807) is 0 Å². The molecule has 2 aliphatic heterocycles. The van der Waals surface area contributed by atoms with Crippen LogP contribution in [0.3, 0.4) is 0 Å². The number of hydrogen-bond donors (Lipinski definition) is 0. The predicted octanol–water partition coefficient (Wildman–Crippen LogP) is 4.11. The molecule has 0 saturated carbocycles. The molecular weight excluding hydrogens is 390 g/mol. The lowest BCUT2D eigenvalue weighted by Crippen LogP contribution is -2.49. The molecule has 0 bridgehead atoms. The molecule has 0 atom stereocenters. The minimum atomic E-state index is -2.74. The highest BCUT2D eigenvalue weighted by Gasteiger charge is 2.27. The number of aliphatic imine (C=N–C) groups is 1. The van der Waals surface area contributed by atoms with Gasteiger partial charge in [0.05, 0.1) is 0 Å². The first kappa shape index (κ1) is 20.3. The van der Waals surface area contributed by atoms with Crippen LogP contribution in [0.4, 0.5) is 0 Å². The number of rotatable bonds is 6. The summed E-state index contributed by atoms with van der Waals surface area (Å²) in [6.45, 7) is 10.6. The van der Waals surface area contributed by atoms with E-state index in [1.807, 2.05) is 0 Å². The van der Waals surface area contributed by atoms with Crippen LogP contribution in [0.1, 0.15) is 26.7 Å². The van der Waals surface area contributed by atoms with E-state index in [0.717, 1.165) is 58.7 Å². The number of alkyl halides is 1. The van der Waals surface area contributed by atoms with Crippen molar-refractivity contribution in [2.75, 3.05) is 51.7 Å². The van der Waals surface area contributed by atoms with Crippen molar-refractivity contribution in [3.05, 3.63) is 0 Å². The molecule has 0 aliphatic carbocycles. The summed E-state index contributed by atoms with van der Waals surface area (Å²) in [5.41, 5.74) is 0. The summed E-state index contributed by atoms with van der Waals surface area (Å²) in [5, 5.41) is 0. The van der Waals surface area contributed by atoms with Crippen molar-refractivity contribution in [3.63, 3.8) is 0 Å². The fourth-order valence-corrected chi connectivity index (χ4v) is 4.65. The quantitative estimate of drug-likeness (QED) is 0.484. The third-order valence-corrected chi connectivity index (χ3v) is 5.86. The van der Waals surface area contributed by atoms with Crippen molar-refractivity contribution in [1.29, 1.82) is 0 Å². The van der Waals surface area contributed by atoms with Crippen molar-refractivity contribution in [3.8, 4) is 0 Å². The highest BCUT2D eigenvalue weighted by Crippen LogP contribution is 2.63. The number of hydrogen-bond acceptors (Lipinski definition) is 6. The van der Waals surface area contributed by atoms with E-state index in [2.05, 4.69) is 43.0 Å². The summed E-state index contributed by atoms with van der Waals surface area (Å²) in [6.07, 6.45) is 2.04. The van der Waals surface area contributed by atoms with Crippen molar-refractivity contribution >= 4 is 51.9 Å². The molecule has 24 heavy (non-hydrogen) atoms. The largest absolute Gasteiger partial charge is 0.341 e. The molecule has 0 spiro atoms. The molecule has 0 aromatic carbocycles. The Balaban J connectivity index is 2.15. The first-order valence-electron chi connectivity index (χ1n) is 8.47. The molecule has 0 aromatic rings. The van der Waals surface area contributed by atoms with E-state index in [-0.39, 0.29) is 0 Å². The van der Waals surface area contributed by atoms with Gasteiger partial charge in [0, 0.05) is 51.7 Å². The Morgan fingerprint density at radius 2 is 1.71 bits per heavy atom. The maximum Gasteiger partial charge on any atom is 0.259 e. The van der Waals surface area contributed by atoms with Crippen molar-refractivity contribution in [2.45, 2.75) is 26.7 Å². The molecule has 2 aliphatic rings. The Kier molecular flexibility index (Phi) is 8.15. The second kappa shape index (κ2) is 9.63. The van der Waals surface area contributed by atoms with Gasteiger partial charge in [-0.25, -0.2) is 0 Å². The molecule has 1 saturated heterocycles. The summed E-state index contributed by atoms with van der Waals surface area (Å²) in [4.78, 5) is 11.3. The highest BCUT2D eigenvalue weighted by molar-refractivity contribution is 8.09. The highest BCUT2D eigenvalue weighted by atomic mass is 35.9. The van der Waals surface area contributed by atoms with Gasteiger partial charge in [0.2, 0.25) is 11.9 Å². The maximum atomic E-state index is 6.36. The van der Waals surface area contributed by atoms with E-state index in [4.69, 9.17) is 34.1 Å². The van der Waals surface area contributed by atoms with Crippen LogP contribution in [0.5, 0.6) is 0 Å². The predicted molar refractivity (Wildman–Crippen MR) is 107 cm³/mol. The van der Waals surface area contributed by atoms with Crippen molar-refractivity contribution in [1.82, 2.24) is 14.7 Å². The van der Waals surface area contributed by atoms with Crippen LogP contribution in [0, 0.1) is 0 Å². The summed E-state index contributed by atoms with van der Waals surface area (Å²) >= 11 is 18.5. The molecule has 138 valence electrons. The van der Waals surface area contributed by atoms with E-state index in [1.165, 1.54) is 0 Å². The lowest BCUT2D eigenvalue weighted by atomic mass is 10.3. The monoisotopic (exact) mass is 414 g/mol. The zero-order chi connectivity index (χ0) is 17.6. The minimum absolute atomic E-state index is 0.626. The molecule has 10 heteroatoms. The molecule has 0 amide bonds. The molecule has 0 radical (unpaired) electrons. The van der Waals surface area contributed by atoms with E-state index >= 15 is 0 Å². The van der Waals surface area contributed by atoms with Gasteiger partial charge in [-0.15, -0.1) is 11.6 Å². The zero-order valence-corrected chi connectivity index (χ0v) is 17.5. The smallest absolute Gasteiger partial charge is 0.259 e. The number of guanidine groups is 2. The zero-order valence-electron chi connectivity index (χ0n) is 14.3. The molecular formula is C14H26Cl3N6P. The summed E-state index contributed by atoms with van der Waals surface area (Å²) < 4.78 is 8.84. The summed E-state index contributed by atoms with van der Waals surface area (Å²) in [5.74, 6) is -0.824. The molecule has 2 rings (SSSR count). The van der Waals surface area contributed by atoms with E-state index in [9.17, 15) is 0 Å². The van der Waals surface area contributed by atoms with Gasteiger partial charge in [-0.3, -0.25) is 4.90 Å². The van der Waals surface area contributed by atoms with Crippen LogP contribution in [0.25, 0.3) is 0 Å². The fraction of sp³-hybridized carbons (Fsp3) is 0.857. The second-order valence-electron chi connectivity index (χ2n) is 5.87. The van der Waals surface area contributed by atoms with Gasteiger partial charge in [-0.05, 0) is 35.3 Å². The van der Waals surface area contributed by atoms with Gasteiger partial charge >= 0.3 is 0 Å². The van der Waals surface area contributed by atoms with Gasteiger partial charge in [-0.2, -0.15) is 14.5 Å². The Hall–Kier alpha value is -0.000000000000000111. The van der Waals surface area contributed by atoms with E-state index < -0.39 is 5.91 Å². The normalized spacial score (nSPS) is 21.1. The van der Waals surface area contributed by atoms with Crippen LogP contribution >= 0.6 is 40.0 Å². The van der Waals surface area contributed by atoms with Gasteiger partial charge < -0.3 is 9.80 Å². The SMILES string of the molecule is CCCN(CCC)C1=NC(N2CCN(CCCl)CC2)=NP(Cl)(Cl)=N1. The van der Waals surface area contributed by atoms with Crippen LogP contribution in [0.15, 0.2) is 14.5 Å². The first-order chi connectivity index (χ1) is 11.5. The molecule has 0 aromatic heterocycles. The van der Waals surface area contributed by atoms with Gasteiger partial charge in [0.25, 0.3) is 5.91 Å². The van der Waals surface area contributed by atoms with Crippen LogP contribution in [-0.4, -0.2) is 78.3 Å². The molecule has 0 unspecified atom stereocenters. The van der Waals surface area contributed by atoms with Crippen LogP contribution < -0.4 is 0 Å². The Labute approximate surface area is 159 Å². The third-order valence-electron chi connectivity index (χ3n) is 3.95. The lowest BCUT2D eigenvalue weighted by molar-refractivity contribution is 0.190. The van der Waals surface area contributed by atoms with Gasteiger partial charge in [0.15, 0.2) is 0 Å². The second-order valence-corrected chi connectivity index (χ2v) is 10.9. The fourth-order valence-electron chi connectivity index (χ4n) is 2.78. The standard InChI is InChI=1S/C14H26Cl3N6P/c1-3-6-22(7-4-2)13-18-14(20-24(16,17)19-13)23-11-9-21(8-5-15)10-12-23/h3-12H2,1-2H3. The number of piperazine rings is 1. The van der Waals surface area contributed by atoms with Gasteiger partial charge in [0.1, 0.15) is 0 Å². The lowest BCUT2D eigenvalue weighted by Gasteiger charge is -2.36. The van der Waals surface area contributed by atoms with Crippen molar-refractivity contribution < 1.29 is 0 Å². The molecule has 2 heterocycles. The molecule has 0 N–H and O–H groups in total. The third kappa shape index (κ3) is 5.77. The van der Waals surface area contributed by atoms with Gasteiger partial charge in [-0.1, -0.05) is 13.8 Å². The van der Waals surface area contributed by atoms with Crippen LogP contribution in [-0.2, 0) is 0 Å². The number of nitrogens with zero attached hydrogens (tertiary/aromatic N) is 6. The Morgan fingerprint density at radius 3 is 2.25 bits per heavy atom. The minimum Gasteiger partial charge on any atom is -0.341 e. The summed E-state index contributed by atoms with van der Waals surface area (Å²) in [7, 11) is 0. The topological polar surface area (TPSA) is 46.8 Å². The van der Waals surface area contributed by atoms with Crippen LogP contribution in [0.2, 0.25) is 0 Å².